The van der Waals surface area contributed by atoms with Crippen LogP contribution in [0.15, 0.2) is 53.5 Å². The number of fused-ring (bicyclic) bond motifs is 1. The molecule has 22 heavy (non-hydrogen) atoms. The van der Waals surface area contributed by atoms with E-state index >= 15 is 0 Å². The summed E-state index contributed by atoms with van der Waals surface area (Å²) in [6.45, 7) is 4.69. The Bertz CT molecular complexity index is 688. The number of ether oxygens (including phenoxy) is 1. The van der Waals surface area contributed by atoms with Gasteiger partial charge < -0.3 is 10.1 Å². The molecular weight excluding hydrogens is 319 g/mol. The van der Waals surface area contributed by atoms with E-state index < -0.39 is 5.60 Å². The van der Waals surface area contributed by atoms with Crippen LogP contribution in [-0.4, -0.2) is 12.6 Å². The minimum absolute atomic E-state index is 0. The predicted molar refractivity (Wildman–Crippen MR) is 94.3 cm³/mol. The van der Waals surface area contributed by atoms with Gasteiger partial charge in [-0.05, 0) is 37.6 Å². The Morgan fingerprint density at radius 2 is 1.91 bits per heavy atom. The molecule has 1 aliphatic heterocycles. The summed E-state index contributed by atoms with van der Waals surface area (Å²) in [4.78, 5) is 4.38. The molecular formula is C17H18Cl2N2O. The van der Waals surface area contributed by atoms with Crippen LogP contribution < -0.4 is 5.32 Å². The van der Waals surface area contributed by atoms with E-state index in [0.29, 0.717) is 17.6 Å². The molecule has 1 heterocycles. The van der Waals surface area contributed by atoms with Crippen molar-refractivity contribution >= 4 is 35.7 Å². The topological polar surface area (TPSA) is 33.6 Å². The third-order valence-corrected chi connectivity index (χ3v) is 3.90. The first-order chi connectivity index (χ1) is 10.1. The Balaban J connectivity index is 0.00000176. The smallest absolute Gasteiger partial charge is 0.290 e. The van der Waals surface area contributed by atoms with E-state index in [1.54, 1.807) is 0 Å². The average molecular weight is 337 g/mol. The van der Waals surface area contributed by atoms with Crippen molar-refractivity contribution in [3.8, 4) is 0 Å². The van der Waals surface area contributed by atoms with Crippen LogP contribution in [0.2, 0.25) is 5.02 Å². The summed E-state index contributed by atoms with van der Waals surface area (Å²) in [5.74, 6) is 0. The highest BCUT2D eigenvalue weighted by atomic mass is 35.5. The summed E-state index contributed by atoms with van der Waals surface area (Å²) in [6.07, 6.45) is 0. The number of nitrogens with one attached hydrogen (secondary N) is 1. The van der Waals surface area contributed by atoms with Gasteiger partial charge in [-0.2, -0.15) is 0 Å². The lowest BCUT2D eigenvalue weighted by atomic mass is 9.86. The highest BCUT2D eigenvalue weighted by Crippen LogP contribution is 2.41. The van der Waals surface area contributed by atoms with Gasteiger partial charge in [0.1, 0.15) is 0 Å². The minimum Gasteiger partial charge on any atom is -0.449 e. The molecule has 0 radical (unpaired) electrons. The maximum absolute atomic E-state index is 6.18. The van der Waals surface area contributed by atoms with Gasteiger partial charge in [-0.25, -0.2) is 4.99 Å². The van der Waals surface area contributed by atoms with Crippen molar-refractivity contribution in [2.75, 3.05) is 11.9 Å². The molecule has 2 aromatic rings. The Labute approximate surface area is 141 Å². The molecule has 3 rings (SSSR count). The van der Waals surface area contributed by atoms with Crippen molar-refractivity contribution in [1.29, 1.82) is 0 Å². The van der Waals surface area contributed by atoms with E-state index in [0.717, 1.165) is 16.8 Å². The molecule has 0 saturated heterocycles. The zero-order valence-electron chi connectivity index (χ0n) is 12.5. The van der Waals surface area contributed by atoms with Gasteiger partial charge in [-0.1, -0.05) is 41.9 Å². The second-order valence-corrected chi connectivity index (χ2v) is 5.53. The first-order valence-electron chi connectivity index (χ1n) is 6.99. The second kappa shape index (κ2) is 6.59. The highest BCUT2D eigenvalue weighted by Gasteiger charge is 2.38. The number of hydrogen-bond donors (Lipinski definition) is 1. The monoisotopic (exact) mass is 336 g/mol. The largest absolute Gasteiger partial charge is 0.449 e. The van der Waals surface area contributed by atoms with Crippen LogP contribution in [0.5, 0.6) is 0 Å². The van der Waals surface area contributed by atoms with Crippen LogP contribution >= 0.6 is 24.0 Å². The second-order valence-electron chi connectivity index (χ2n) is 5.10. The standard InChI is InChI=1S/C17H17ClN2O.ClH/c1-3-19-16-20-15-10-9-13(18)11-14(15)17(2,21-16)12-7-5-4-6-8-12;/h4-11H,3H2,1-2H3,(H,19,20);1H/t17-;/m0./s1. The lowest BCUT2D eigenvalue weighted by Crippen LogP contribution is -2.39. The molecule has 1 N–H and O–H groups in total. The SMILES string of the molecule is CCN=C1Nc2ccc(Cl)cc2[C@](C)(c2ccccc2)O1.Cl. The van der Waals surface area contributed by atoms with E-state index in [4.69, 9.17) is 16.3 Å². The number of nitrogens with zero attached hydrogens (tertiary/aromatic N) is 1. The number of rotatable bonds is 2. The van der Waals surface area contributed by atoms with Gasteiger partial charge in [0.25, 0.3) is 6.02 Å². The summed E-state index contributed by atoms with van der Waals surface area (Å²) in [5, 5.41) is 3.91. The van der Waals surface area contributed by atoms with Crippen LogP contribution in [0, 0.1) is 0 Å². The molecule has 0 spiro atoms. The Morgan fingerprint density at radius 3 is 2.59 bits per heavy atom. The van der Waals surface area contributed by atoms with Crippen LogP contribution in [0.3, 0.4) is 0 Å². The maximum Gasteiger partial charge on any atom is 0.290 e. The summed E-state index contributed by atoms with van der Waals surface area (Å²) < 4.78 is 6.16. The number of halogens is 2. The third kappa shape index (κ3) is 2.92. The first-order valence-corrected chi connectivity index (χ1v) is 7.37. The molecule has 0 unspecified atom stereocenters. The minimum atomic E-state index is -0.610. The number of amidine groups is 1. The quantitative estimate of drug-likeness (QED) is 0.850. The Kier molecular flexibility index (Phi) is 4.99. The van der Waals surface area contributed by atoms with Crippen LogP contribution in [0.25, 0.3) is 0 Å². The fourth-order valence-corrected chi connectivity index (χ4v) is 2.77. The van der Waals surface area contributed by atoms with Crippen molar-refractivity contribution in [1.82, 2.24) is 0 Å². The van der Waals surface area contributed by atoms with Crippen molar-refractivity contribution in [2.24, 2.45) is 4.99 Å². The van der Waals surface area contributed by atoms with E-state index in [2.05, 4.69) is 22.4 Å². The predicted octanol–water partition coefficient (Wildman–Crippen LogP) is 4.84. The van der Waals surface area contributed by atoms with Gasteiger partial charge in [0.15, 0.2) is 5.60 Å². The number of benzene rings is 2. The van der Waals surface area contributed by atoms with E-state index in [1.165, 1.54) is 0 Å². The molecule has 1 aliphatic rings. The molecule has 0 aromatic heterocycles. The normalized spacial score (nSPS) is 21.3. The van der Waals surface area contributed by atoms with Crippen LogP contribution in [0.4, 0.5) is 5.69 Å². The number of hydrogen-bond acceptors (Lipinski definition) is 2. The number of anilines is 1. The molecule has 5 heteroatoms. The number of aliphatic imine (C=N–C) groups is 1. The Morgan fingerprint density at radius 1 is 1.18 bits per heavy atom. The van der Waals surface area contributed by atoms with Gasteiger partial charge in [-0.3, -0.25) is 0 Å². The molecule has 2 aromatic carbocycles. The van der Waals surface area contributed by atoms with Crippen LogP contribution in [-0.2, 0) is 10.3 Å². The van der Waals surface area contributed by atoms with E-state index in [9.17, 15) is 0 Å². The Hall–Kier alpha value is -1.71. The van der Waals surface area contributed by atoms with Gasteiger partial charge >= 0.3 is 0 Å². The average Bonchev–Trinajstić information content (AvgIpc) is 2.49. The zero-order chi connectivity index (χ0) is 14.9. The zero-order valence-corrected chi connectivity index (χ0v) is 14.0. The van der Waals surface area contributed by atoms with Gasteiger partial charge in [0.2, 0.25) is 0 Å². The first kappa shape index (κ1) is 16.7. The van der Waals surface area contributed by atoms with Gasteiger partial charge in [-0.15, -0.1) is 12.4 Å². The van der Waals surface area contributed by atoms with Crippen molar-refractivity contribution in [3.63, 3.8) is 0 Å². The van der Waals surface area contributed by atoms with Crippen molar-refractivity contribution in [2.45, 2.75) is 19.4 Å². The molecule has 0 fully saturated rings. The molecule has 0 saturated carbocycles. The third-order valence-electron chi connectivity index (χ3n) is 3.66. The highest BCUT2D eigenvalue weighted by molar-refractivity contribution is 6.30. The molecule has 3 nitrogen and oxygen atoms in total. The van der Waals surface area contributed by atoms with Gasteiger partial charge in [0.05, 0.1) is 0 Å². The molecule has 1 atom stereocenters. The summed E-state index contributed by atoms with van der Waals surface area (Å²) in [5.41, 5.74) is 2.44. The lowest BCUT2D eigenvalue weighted by Gasteiger charge is -2.38. The summed E-state index contributed by atoms with van der Waals surface area (Å²) in [6, 6.07) is 16.4. The maximum atomic E-state index is 6.18. The summed E-state index contributed by atoms with van der Waals surface area (Å²) in [7, 11) is 0. The molecule has 0 aliphatic carbocycles. The summed E-state index contributed by atoms with van der Waals surface area (Å²) >= 11 is 6.18. The van der Waals surface area contributed by atoms with Gasteiger partial charge in [0, 0.05) is 22.8 Å². The molecule has 0 bridgehead atoms. The van der Waals surface area contributed by atoms with E-state index in [1.807, 2.05) is 50.2 Å². The molecule has 116 valence electrons. The van der Waals surface area contributed by atoms with Crippen molar-refractivity contribution in [3.05, 3.63) is 64.7 Å². The van der Waals surface area contributed by atoms with Crippen molar-refractivity contribution < 1.29 is 4.74 Å². The van der Waals surface area contributed by atoms with Crippen LogP contribution in [0.1, 0.15) is 25.0 Å². The fourth-order valence-electron chi connectivity index (χ4n) is 2.60. The lowest BCUT2D eigenvalue weighted by molar-refractivity contribution is 0.112. The van der Waals surface area contributed by atoms with E-state index in [-0.39, 0.29) is 12.4 Å². The fraction of sp³-hybridized carbons (Fsp3) is 0.235. The molecule has 0 amide bonds.